The lowest BCUT2D eigenvalue weighted by molar-refractivity contribution is 0.671. The van der Waals surface area contributed by atoms with Crippen molar-refractivity contribution >= 4 is 166 Å². The van der Waals surface area contributed by atoms with Crippen LogP contribution in [0.15, 0.2) is 205 Å². The fraction of sp³-hybridized carbons (Fsp3) is 0. The predicted molar refractivity (Wildman–Crippen MR) is 321 cm³/mol. The highest BCUT2D eigenvalue weighted by molar-refractivity contribution is 7.27. The van der Waals surface area contributed by atoms with Gasteiger partial charge in [-0.25, -0.2) is 4.85 Å². The number of nitrogens with zero attached hydrogens (tertiary/aromatic N) is 5. The number of hydrogen-bond acceptors (Lipinski definition) is 6. The third-order valence-electron chi connectivity index (χ3n) is 15.7. The van der Waals surface area contributed by atoms with Crippen molar-refractivity contribution < 1.29 is 4.42 Å². The van der Waals surface area contributed by atoms with Crippen LogP contribution in [0.3, 0.4) is 0 Å². The van der Waals surface area contributed by atoms with Crippen LogP contribution < -0.4 is 0 Å². The van der Waals surface area contributed by atoms with Gasteiger partial charge in [-0.1, -0.05) is 146 Å². The maximum absolute atomic E-state index is 12.4. The van der Waals surface area contributed by atoms with Crippen LogP contribution in [0.1, 0.15) is 5.56 Å². The lowest BCUT2D eigenvalue weighted by atomic mass is 9.89. The molecule has 0 fully saturated rings. The minimum Gasteiger partial charge on any atom is -0.454 e. The van der Waals surface area contributed by atoms with E-state index in [4.69, 9.17) is 9.26 Å². The lowest BCUT2D eigenvalue weighted by Gasteiger charge is -2.26. The van der Waals surface area contributed by atoms with Crippen molar-refractivity contribution in [2.24, 2.45) is 0 Å². The maximum Gasteiger partial charge on any atom is 0.220 e. The summed E-state index contributed by atoms with van der Waals surface area (Å²) in [5.41, 5.74) is 10.4. The molecule has 0 aliphatic heterocycles. The Balaban J connectivity index is 1.20. The summed E-state index contributed by atoms with van der Waals surface area (Å²) >= 11 is 5.35. The first-order chi connectivity index (χ1) is 37.7. The molecule has 0 aliphatic rings. The van der Waals surface area contributed by atoms with Gasteiger partial charge in [-0.15, -0.1) is 34.0 Å². The molecule has 17 rings (SSSR count). The second kappa shape index (κ2) is 15.5. The highest BCUT2D eigenvalue weighted by atomic mass is 32.1. The van der Waals surface area contributed by atoms with E-state index < -0.39 is 0 Å². The molecular formula is C67H33N5OS3. The van der Waals surface area contributed by atoms with Crippen molar-refractivity contribution in [1.82, 2.24) is 14.1 Å². The Hall–Kier alpha value is -9.61. The average Bonchev–Trinajstić information content (AvgIpc) is 4.41. The van der Waals surface area contributed by atoms with E-state index in [0.717, 1.165) is 112 Å². The van der Waals surface area contributed by atoms with E-state index in [9.17, 15) is 11.8 Å². The topological polar surface area (TPSA) is 64.0 Å². The lowest BCUT2D eigenvalue weighted by Crippen LogP contribution is -2.09. The molecule has 0 spiro atoms. The molecule has 0 saturated carbocycles. The largest absolute Gasteiger partial charge is 0.454 e. The van der Waals surface area contributed by atoms with Crippen LogP contribution in [-0.2, 0) is 0 Å². The third kappa shape index (κ3) is 5.42. The Morgan fingerprint density at radius 3 is 1.38 bits per heavy atom. The summed E-state index contributed by atoms with van der Waals surface area (Å²) in [5.74, 6) is 0. The van der Waals surface area contributed by atoms with Gasteiger partial charge in [-0.3, -0.25) is 4.98 Å². The van der Waals surface area contributed by atoms with Crippen LogP contribution in [0, 0.1) is 17.9 Å². The average molecular weight is 1020 g/mol. The highest BCUT2D eigenvalue weighted by Gasteiger charge is 2.34. The molecule has 17 aromatic rings. The van der Waals surface area contributed by atoms with Gasteiger partial charge < -0.3 is 13.6 Å². The standard InChI is InChI=1S/C67H33N5OS3/c1-69-57-55(37-31-33-70-34-32-37)50(35-68)58(71-59-42(23-27-46-38-15-5-9-19-51(38)73-64(46)59)43-24-28-47-39-16-6-10-20-52(39)74-65(47)60(43)71)56(36-13-3-2-4-14-36)63(57)72-61-44(25-29-48-40-17-7-11-21-53(40)75-66(48)61)45-26-30-49-41-18-8-12-22-54(41)76-67(49)62(45)72/h2-34H. The van der Waals surface area contributed by atoms with E-state index in [1.165, 1.54) is 30.3 Å². The molecule has 0 saturated heterocycles. The first-order valence-corrected chi connectivity index (χ1v) is 27.5. The number of pyridine rings is 1. The van der Waals surface area contributed by atoms with Gasteiger partial charge >= 0.3 is 0 Å². The molecule has 350 valence electrons. The first-order valence-electron chi connectivity index (χ1n) is 25.0. The quantitative estimate of drug-likeness (QED) is 0.165. The number of thiophene rings is 3. The van der Waals surface area contributed by atoms with Crippen molar-refractivity contribution in [2.45, 2.75) is 0 Å². The van der Waals surface area contributed by atoms with Crippen molar-refractivity contribution in [3.8, 4) is 39.7 Å². The molecule has 0 N–H and O–H groups in total. The molecule has 0 unspecified atom stereocenters. The molecule has 0 bridgehead atoms. The predicted octanol–water partition coefficient (Wildman–Crippen LogP) is 20.0. The van der Waals surface area contributed by atoms with E-state index >= 15 is 0 Å². The van der Waals surface area contributed by atoms with Gasteiger partial charge in [-0.05, 0) is 53.6 Å². The zero-order chi connectivity index (χ0) is 49.9. The van der Waals surface area contributed by atoms with Gasteiger partial charge in [0.2, 0.25) is 5.69 Å². The van der Waals surface area contributed by atoms with E-state index in [1.54, 1.807) is 46.4 Å². The molecule has 7 heterocycles. The number of rotatable bonds is 4. The first kappa shape index (κ1) is 41.8. The molecule has 0 amide bonds. The second-order valence-electron chi connectivity index (χ2n) is 19.4. The number of aromatic nitrogens is 3. The zero-order valence-electron chi connectivity index (χ0n) is 39.9. The van der Waals surface area contributed by atoms with E-state index in [2.05, 4.69) is 178 Å². The number of fused-ring (bicyclic) bond motifs is 22. The monoisotopic (exact) mass is 1020 g/mol. The Kier molecular flexibility index (Phi) is 8.51. The van der Waals surface area contributed by atoms with Crippen molar-refractivity contribution in [3.63, 3.8) is 0 Å². The number of nitriles is 1. The van der Waals surface area contributed by atoms with Crippen LogP contribution in [0.4, 0.5) is 5.69 Å². The minimum atomic E-state index is 0.377. The Morgan fingerprint density at radius 1 is 0.421 bits per heavy atom. The van der Waals surface area contributed by atoms with E-state index in [0.29, 0.717) is 28.2 Å². The molecule has 0 aliphatic carbocycles. The number of benzene rings is 10. The molecule has 7 aromatic heterocycles. The van der Waals surface area contributed by atoms with E-state index in [-0.39, 0.29) is 0 Å². The van der Waals surface area contributed by atoms with Gasteiger partial charge in [0.15, 0.2) is 5.58 Å². The molecule has 10 aromatic carbocycles. The summed E-state index contributed by atoms with van der Waals surface area (Å²) in [6, 6.07) is 69.4. The van der Waals surface area contributed by atoms with Gasteiger partial charge in [0, 0.05) is 102 Å². The third-order valence-corrected chi connectivity index (χ3v) is 19.3. The van der Waals surface area contributed by atoms with Crippen LogP contribution in [0.2, 0.25) is 0 Å². The van der Waals surface area contributed by atoms with Crippen LogP contribution in [-0.4, -0.2) is 14.1 Å². The Labute approximate surface area is 443 Å². The molecule has 76 heavy (non-hydrogen) atoms. The molecule has 9 heteroatoms. The van der Waals surface area contributed by atoms with Gasteiger partial charge in [0.1, 0.15) is 11.7 Å². The van der Waals surface area contributed by atoms with Crippen molar-refractivity contribution in [2.75, 3.05) is 0 Å². The summed E-state index contributed by atoms with van der Waals surface area (Å²) in [6.45, 7) is 9.64. The van der Waals surface area contributed by atoms with Crippen molar-refractivity contribution in [1.29, 1.82) is 5.26 Å². The smallest absolute Gasteiger partial charge is 0.220 e. The summed E-state index contributed by atoms with van der Waals surface area (Å²) in [5, 5.41) is 25.5. The molecule has 0 radical (unpaired) electrons. The fourth-order valence-corrected chi connectivity index (χ4v) is 16.3. The summed E-state index contributed by atoms with van der Waals surface area (Å²) in [4.78, 5) is 9.20. The molecular weight excluding hydrogens is 987 g/mol. The second-order valence-corrected chi connectivity index (χ2v) is 22.6. The summed E-state index contributed by atoms with van der Waals surface area (Å²) in [7, 11) is 0. The molecule has 6 nitrogen and oxygen atoms in total. The maximum atomic E-state index is 12.4. The highest BCUT2D eigenvalue weighted by Crippen LogP contribution is 2.56. The number of furan rings is 1. The fourth-order valence-electron chi connectivity index (χ4n) is 12.6. The van der Waals surface area contributed by atoms with Gasteiger partial charge in [0.05, 0.1) is 59.7 Å². The number of para-hydroxylation sites is 1. The van der Waals surface area contributed by atoms with Gasteiger partial charge in [0.25, 0.3) is 0 Å². The Bertz CT molecular complexity index is 4950. The Morgan fingerprint density at radius 2 is 0.855 bits per heavy atom. The van der Waals surface area contributed by atoms with Crippen LogP contribution in [0.25, 0.3) is 165 Å². The summed E-state index contributed by atoms with van der Waals surface area (Å²) in [6.07, 6.45) is 3.52. The van der Waals surface area contributed by atoms with Crippen molar-refractivity contribution in [3.05, 3.63) is 217 Å². The zero-order valence-corrected chi connectivity index (χ0v) is 42.4. The van der Waals surface area contributed by atoms with Crippen LogP contribution >= 0.6 is 34.0 Å². The van der Waals surface area contributed by atoms with E-state index in [1.807, 2.05) is 30.3 Å². The SMILES string of the molecule is [C-]#[N+]c1c(-c2ccncc2)c(C#N)c(-n2c3c(ccc4c5ccccc5oc43)c3ccc4c5ccccc5sc4c32)c(-c2ccccc2)c1-n1c2c(ccc3c4ccccc4sc32)c2ccc3c4ccccc4sc3c21. The number of hydrogen-bond donors (Lipinski definition) is 0. The molecule has 0 atom stereocenters. The normalized spacial score (nSPS) is 12.2. The summed E-state index contributed by atoms with van der Waals surface area (Å²) < 4.78 is 18.8. The van der Waals surface area contributed by atoms with Crippen LogP contribution in [0.5, 0.6) is 0 Å². The minimum absolute atomic E-state index is 0.377. The van der Waals surface area contributed by atoms with Gasteiger partial charge in [-0.2, -0.15) is 5.26 Å².